The van der Waals surface area contributed by atoms with Crippen LogP contribution in [-0.2, 0) is 14.3 Å². The van der Waals surface area contributed by atoms with E-state index in [2.05, 4.69) is 0 Å². The first-order valence-corrected chi connectivity index (χ1v) is 6.49. The number of phenols is 1. The normalized spacial score (nSPS) is 17.9. The smallest absolute Gasteiger partial charge is 0.323 e. The minimum absolute atomic E-state index is 0.0654. The summed E-state index contributed by atoms with van der Waals surface area (Å²) >= 11 is 0. The van der Waals surface area contributed by atoms with E-state index in [1.165, 1.54) is 29.2 Å². The Balaban J connectivity index is 2.11. The topological polar surface area (TPSA) is 87.1 Å². The standard InChI is InChI=1S/C14H17NO5/c16-11-5-3-10(4-6-11)15(9-14(18)19)13(17)8-12-2-1-7-20-12/h3-6,12,16H,1-2,7-9H2,(H,18,19). The summed E-state index contributed by atoms with van der Waals surface area (Å²) in [6.07, 6.45) is 1.79. The van der Waals surface area contributed by atoms with Crippen LogP contribution in [0.25, 0.3) is 0 Å². The second kappa shape index (κ2) is 6.38. The van der Waals surface area contributed by atoms with Crippen molar-refractivity contribution in [3.8, 4) is 5.75 Å². The van der Waals surface area contributed by atoms with Crippen molar-refractivity contribution in [2.75, 3.05) is 18.1 Å². The van der Waals surface area contributed by atoms with Gasteiger partial charge in [0.2, 0.25) is 5.91 Å². The van der Waals surface area contributed by atoms with Gasteiger partial charge in [-0.1, -0.05) is 0 Å². The molecule has 2 N–H and O–H groups in total. The van der Waals surface area contributed by atoms with Crippen molar-refractivity contribution in [3.05, 3.63) is 24.3 Å². The largest absolute Gasteiger partial charge is 0.508 e. The first-order chi connectivity index (χ1) is 9.56. The van der Waals surface area contributed by atoms with Gasteiger partial charge in [-0.3, -0.25) is 9.59 Å². The summed E-state index contributed by atoms with van der Waals surface area (Å²) in [6, 6.07) is 5.88. The number of hydrogen-bond acceptors (Lipinski definition) is 4. The third kappa shape index (κ3) is 3.71. The second-order valence-corrected chi connectivity index (χ2v) is 4.73. The van der Waals surface area contributed by atoms with Crippen molar-refractivity contribution >= 4 is 17.6 Å². The van der Waals surface area contributed by atoms with Crippen molar-refractivity contribution in [2.24, 2.45) is 0 Å². The summed E-state index contributed by atoms with van der Waals surface area (Å²) in [5.41, 5.74) is 0.452. The number of carbonyl (C=O) groups is 2. The lowest BCUT2D eigenvalue weighted by Crippen LogP contribution is -2.37. The number of nitrogens with zero attached hydrogens (tertiary/aromatic N) is 1. The van der Waals surface area contributed by atoms with Crippen LogP contribution in [0.3, 0.4) is 0 Å². The summed E-state index contributed by atoms with van der Waals surface area (Å²) in [4.78, 5) is 24.4. The third-order valence-electron chi connectivity index (χ3n) is 3.18. The molecule has 2 rings (SSSR count). The number of ether oxygens (including phenoxy) is 1. The summed E-state index contributed by atoms with van der Waals surface area (Å²) < 4.78 is 5.40. The maximum atomic E-state index is 12.2. The molecule has 1 fully saturated rings. The Labute approximate surface area is 116 Å². The van der Waals surface area contributed by atoms with Crippen LogP contribution in [-0.4, -0.2) is 41.3 Å². The highest BCUT2D eigenvalue weighted by molar-refractivity contribution is 5.97. The van der Waals surface area contributed by atoms with E-state index in [-0.39, 0.29) is 24.2 Å². The van der Waals surface area contributed by atoms with Gasteiger partial charge in [-0.15, -0.1) is 0 Å². The average Bonchev–Trinajstić information content (AvgIpc) is 2.89. The lowest BCUT2D eigenvalue weighted by molar-refractivity contribution is -0.137. The van der Waals surface area contributed by atoms with Gasteiger partial charge in [-0.05, 0) is 37.1 Å². The number of rotatable bonds is 5. The van der Waals surface area contributed by atoms with E-state index in [0.717, 1.165) is 12.8 Å². The molecule has 108 valence electrons. The highest BCUT2D eigenvalue weighted by atomic mass is 16.5. The van der Waals surface area contributed by atoms with Gasteiger partial charge in [0.25, 0.3) is 0 Å². The first kappa shape index (κ1) is 14.3. The van der Waals surface area contributed by atoms with E-state index in [1.54, 1.807) is 0 Å². The van der Waals surface area contributed by atoms with Crippen molar-refractivity contribution in [1.82, 2.24) is 0 Å². The SMILES string of the molecule is O=C(O)CN(C(=O)CC1CCCO1)c1ccc(O)cc1. The predicted octanol–water partition coefficient (Wildman–Crippen LogP) is 1.38. The van der Waals surface area contributed by atoms with Crippen molar-refractivity contribution in [3.63, 3.8) is 0 Å². The fourth-order valence-electron chi connectivity index (χ4n) is 2.20. The van der Waals surface area contributed by atoms with Gasteiger partial charge in [0.1, 0.15) is 12.3 Å². The molecule has 1 aliphatic heterocycles. The fraction of sp³-hybridized carbons (Fsp3) is 0.429. The molecule has 6 nitrogen and oxygen atoms in total. The number of hydrogen-bond donors (Lipinski definition) is 2. The van der Waals surface area contributed by atoms with Crippen LogP contribution in [0.2, 0.25) is 0 Å². The van der Waals surface area contributed by atoms with Gasteiger partial charge in [-0.2, -0.15) is 0 Å². The Bertz CT molecular complexity index is 479. The molecule has 0 bridgehead atoms. The zero-order valence-corrected chi connectivity index (χ0v) is 11.0. The van der Waals surface area contributed by atoms with E-state index >= 15 is 0 Å². The third-order valence-corrected chi connectivity index (χ3v) is 3.18. The van der Waals surface area contributed by atoms with Gasteiger partial charge >= 0.3 is 5.97 Å². The molecular formula is C14H17NO5. The Kier molecular flexibility index (Phi) is 4.57. The first-order valence-electron chi connectivity index (χ1n) is 6.49. The maximum Gasteiger partial charge on any atom is 0.323 e. The molecular weight excluding hydrogens is 262 g/mol. The number of carboxylic acids is 1. The van der Waals surface area contributed by atoms with Gasteiger partial charge in [-0.25, -0.2) is 0 Å². The summed E-state index contributed by atoms with van der Waals surface area (Å²) in [5, 5.41) is 18.2. The van der Waals surface area contributed by atoms with E-state index < -0.39 is 12.5 Å². The number of aromatic hydroxyl groups is 1. The molecule has 1 aliphatic rings. The predicted molar refractivity (Wildman–Crippen MR) is 71.7 cm³/mol. The molecule has 6 heteroatoms. The van der Waals surface area contributed by atoms with Crippen molar-refractivity contribution in [1.29, 1.82) is 0 Å². The van der Waals surface area contributed by atoms with Crippen LogP contribution in [0.15, 0.2) is 24.3 Å². The molecule has 1 amide bonds. The van der Waals surface area contributed by atoms with Crippen LogP contribution >= 0.6 is 0 Å². The lowest BCUT2D eigenvalue weighted by Gasteiger charge is -2.22. The molecule has 1 unspecified atom stereocenters. The molecule has 0 radical (unpaired) electrons. The van der Waals surface area contributed by atoms with E-state index in [9.17, 15) is 14.7 Å². The molecule has 0 saturated carbocycles. The van der Waals surface area contributed by atoms with Gasteiger partial charge in [0, 0.05) is 12.3 Å². The van der Waals surface area contributed by atoms with Crippen LogP contribution in [0.1, 0.15) is 19.3 Å². The molecule has 1 heterocycles. The molecule has 0 aliphatic carbocycles. The van der Waals surface area contributed by atoms with E-state index in [1.807, 2.05) is 0 Å². The van der Waals surface area contributed by atoms with Crippen molar-refractivity contribution < 1.29 is 24.5 Å². The van der Waals surface area contributed by atoms with Gasteiger partial charge in [0.05, 0.1) is 12.5 Å². The van der Waals surface area contributed by atoms with E-state index in [0.29, 0.717) is 12.3 Å². The number of phenolic OH excluding ortho intramolecular Hbond substituents is 1. The zero-order chi connectivity index (χ0) is 14.5. The molecule has 1 aromatic rings. The number of amides is 1. The van der Waals surface area contributed by atoms with Crippen LogP contribution in [0.4, 0.5) is 5.69 Å². The maximum absolute atomic E-state index is 12.2. The summed E-state index contributed by atoms with van der Waals surface area (Å²) in [7, 11) is 0. The fourth-order valence-corrected chi connectivity index (χ4v) is 2.20. The molecule has 0 spiro atoms. The minimum atomic E-state index is -1.08. The average molecular weight is 279 g/mol. The van der Waals surface area contributed by atoms with Crippen LogP contribution < -0.4 is 4.90 Å². The number of aliphatic carboxylic acids is 1. The monoisotopic (exact) mass is 279 g/mol. The number of anilines is 1. The van der Waals surface area contributed by atoms with Crippen LogP contribution in [0.5, 0.6) is 5.75 Å². The lowest BCUT2D eigenvalue weighted by atomic mass is 10.1. The molecule has 1 atom stereocenters. The molecule has 20 heavy (non-hydrogen) atoms. The number of carbonyl (C=O) groups excluding carboxylic acids is 1. The highest BCUT2D eigenvalue weighted by Crippen LogP contribution is 2.22. The molecule has 0 aromatic heterocycles. The molecule has 1 aromatic carbocycles. The van der Waals surface area contributed by atoms with Crippen molar-refractivity contribution in [2.45, 2.75) is 25.4 Å². The van der Waals surface area contributed by atoms with Gasteiger partial charge in [0.15, 0.2) is 0 Å². The summed E-state index contributed by atoms with van der Waals surface area (Å²) in [5.74, 6) is -1.31. The van der Waals surface area contributed by atoms with Gasteiger partial charge < -0.3 is 19.8 Å². The Hall–Kier alpha value is -2.08. The Morgan fingerprint density at radius 2 is 2.00 bits per heavy atom. The molecule has 1 saturated heterocycles. The quantitative estimate of drug-likeness (QED) is 0.850. The minimum Gasteiger partial charge on any atom is -0.508 e. The Morgan fingerprint density at radius 3 is 2.55 bits per heavy atom. The van der Waals surface area contributed by atoms with Crippen LogP contribution in [0, 0.1) is 0 Å². The summed E-state index contributed by atoms with van der Waals surface area (Å²) in [6.45, 7) is 0.242. The Morgan fingerprint density at radius 1 is 1.30 bits per heavy atom. The highest BCUT2D eigenvalue weighted by Gasteiger charge is 2.25. The number of carboxylic acid groups (broad SMARTS) is 1. The second-order valence-electron chi connectivity index (χ2n) is 4.73. The van der Waals surface area contributed by atoms with E-state index in [4.69, 9.17) is 9.84 Å². The zero-order valence-electron chi connectivity index (χ0n) is 11.0. The number of benzene rings is 1.